The second kappa shape index (κ2) is 6.46. The largest absolute Gasteiger partial charge is 0.486 e. The van der Waals surface area contributed by atoms with Crippen LogP contribution >= 0.6 is 11.6 Å². The molecule has 1 aliphatic heterocycles. The topological polar surface area (TPSA) is 33.7 Å². The van der Waals surface area contributed by atoms with Gasteiger partial charge in [-0.15, -0.1) is 0 Å². The van der Waals surface area contributed by atoms with Gasteiger partial charge in [-0.2, -0.15) is 0 Å². The summed E-state index contributed by atoms with van der Waals surface area (Å²) in [4.78, 5) is 2.18. The molecular weight excluding hydrogens is 264 g/mol. The van der Waals surface area contributed by atoms with Crippen LogP contribution in [0.1, 0.15) is 12.5 Å². The first-order valence-electron chi connectivity index (χ1n) is 6.53. The highest BCUT2D eigenvalue weighted by atomic mass is 35.5. The summed E-state index contributed by atoms with van der Waals surface area (Å²) in [5, 5.41) is 4.04. The maximum Gasteiger partial charge on any atom is 0.179 e. The number of halogens is 1. The smallest absolute Gasteiger partial charge is 0.179 e. The third-order valence-corrected chi connectivity index (χ3v) is 3.59. The van der Waals surface area contributed by atoms with E-state index in [-0.39, 0.29) is 0 Å². The minimum atomic E-state index is 0.493. The monoisotopic (exact) mass is 284 g/mol. The van der Waals surface area contributed by atoms with Gasteiger partial charge in [-0.25, -0.2) is 0 Å². The van der Waals surface area contributed by atoms with Gasteiger partial charge in [-0.1, -0.05) is 11.6 Å². The Bertz CT molecular complexity index is 438. The van der Waals surface area contributed by atoms with Gasteiger partial charge in [0.1, 0.15) is 13.2 Å². The number of nitrogens with one attached hydrogen (secondary N) is 1. The van der Waals surface area contributed by atoms with E-state index in [4.69, 9.17) is 21.1 Å². The minimum Gasteiger partial charge on any atom is -0.486 e. The second-order valence-electron chi connectivity index (χ2n) is 5.05. The molecule has 0 amide bonds. The molecule has 1 heterocycles. The van der Waals surface area contributed by atoms with Gasteiger partial charge >= 0.3 is 0 Å². The van der Waals surface area contributed by atoms with Crippen molar-refractivity contribution in [1.29, 1.82) is 0 Å². The summed E-state index contributed by atoms with van der Waals surface area (Å²) in [5.41, 5.74) is 1.11. The Hall–Kier alpha value is -0.970. The number of fused-ring (bicyclic) bond motifs is 1. The molecule has 106 valence electrons. The number of hydrogen-bond acceptors (Lipinski definition) is 4. The molecule has 0 aliphatic carbocycles. The van der Waals surface area contributed by atoms with Crippen molar-refractivity contribution < 1.29 is 9.47 Å². The molecule has 0 fully saturated rings. The van der Waals surface area contributed by atoms with E-state index in [1.54, 1.807) is 0 Å². The quantitative estimate of drug-likeness (QED) is 0.898. The number of nitrogens with zero attached hydrogens (tertiary/aromatic N) is 1. The highest BCUT2D eigenvalue weighted by Crippen LogP contribution is 2.38. The summed E-state index contributed by atoms with van der Waals surface area (Å²) >= 11 is 6.20. The van der Waals surface area contributed by atoms with Crippen LogP contribution in [0.4, 0.5) is 0 Å². The van der Waals surface area contributed by atoms with Crippen LogP contribution in [0.15, 0.2) is 12.1 Å². The molecule has 0 bridgehead atoms. The van der Waals surface area contributed by atoms with Gasteiger partial charge in [0.25, 0.3) is 0 Å². The molecule has 2 rings (SSSR count). The predicted molar refractivity (Wildman–Crippen MR) is 77.3 cm³/mol. The van der Waals surface area contributed by atoms with Gasteiger partial charge in [0.15, 0.2) is 11.5 Å². The van der Waals surface area contributed by atoms with Crippen molar-refractivity contribution in [3.8, 4) is 11.5 Å². The number of hydrogen-bond donors (Lipinski definition) is 1. The van der Waals surface area contributed by atoms with Crippen molar-refractivity contribution in [2.24, 2.45) is 0 Å². The Balaban J connectivity index is 1.96. The Morgan fingerprint density at radius 2 is 2.05 bits per heavy atom. The lowest BCUT2D eigenvalue weighted by atomic mass is 10.2. The molecule has 19 heavy (non-hydrogen) atoms. The Morgan fingerprint density at radius 3 is 2.79 bits per heavy atom. The average Bonchev–Trinajstić information content (AvgIpc) is 2.38. The van der Waals surface area contributed by atoms with Gasteiger partial charge in [-0.3, -0.25) is 0 Å². The minimum absolute atomic E-state index is 0.493. The molecule has 5 heteroatoms. The van der Waals surface area contributed by atoms with E-state index in [9.17, 15) is 0 Å². The summed E-state index contributed by atoms with van der Waals surface area (Å²) in [5.74, 6) is 1.41. The van der Waals surface area contributed by atoms with Crippen molar-refractivity contribution in [3.63, 3.8) is 0 Å². The van der Waals surface area contributed by atoms with Crippen LogP contribution in [-0.2, 0) is 6.54 Å². The van der Waals surface area contributed by atoms with Crippen LogP contribution in [0.5, 0.6) is 11.5 Å². The highest BCUT2D eigenvalue weighted by Gasteiger charge is 2.16. The SMILES string of the molecule is CC(CNCc1cc(Cl)c2c(c1)OCCO2)N(C)C. The highest BCUT2D eigenvalue weighted by molar-refractivity contribution is 6.32. The summed E-state index contributed by atoms with van der Waals surface area (Å²) in [6.45, 7) is 5.03. The molecule has 1 aromatic rings. The maximum absolute atomic E-state index is 6.20. The van der Waals surface area contributed by atoms with E-state index in [1.807, 2.05) is 12.1 Å². The molecule has 1 aromatic carbocycles. The van der Waals surface area contributed by atoms with Crippen LogP contribution in [0, 0.1) is 0 Å². The van der Waals surface area contributed by atoms with E-state index < -0.39 is 0 Å². The fourth-order valence-electron chi connectivity index (χ4n) is 1.87. The number of ether oxygens (including phenoxy) is 2. The van der Waals surface area contributed by atoms with Gasteiger partial charge < -0.3 is 19.7 Å². The average molecular weight is 285 g/mol. The molecule has 1 aliphatic rings. The van der Waals surface area contributed by atoms with Crippen molar-refractivity contribution >= 4 is 11.6 Å². The van der Waals surface area contributed by atoms with Crippen LogP contribution in [0.2, 0.25) is 5.02 Å². The number of rotatable bonds is 5. The van der Waals surface area contributed by atoms with Crippen LogP contribution in [-0.4, -0.2) is 44.8 Å². The van der Waals surface area contributed by atoms with Gasteiger partial charge in [0.2, 0.25) is 0 Å². The molecule has 1 N–H and O–H groups in total. The second-order valence-corrected chi connectivity index (χ2v) is 5.45. The fraction of sp³-hybridized carbons (Fsp3) is 0.571. The van der Waals surface area contributed by atoms with E-state index in [0.29, 0.717) is 30.0 Å². The van der Waals surface area contributed by atoms with Gasteiger partial charge in [-0.05, 0) is 38.7 Å². The van der Waals surface area contributed by atoms with Gasteiger partial charge in [0, 0.05) is 19.1 Å². The fourth-order valence-corrected chi connectivity index (χ4v) is 2.16. The molecule has 1 atom stereocenters. The van der Waals surface area contributed by atoms with E-state index in [0.717, 1.165) is 24.4 Å². The molecule has 4 nitrogen and oxygen atoms in total. The zero-order valence-electron chi connectivity index (χ0n) is 11.7. The Labute approximate surface area is 119 Å². The van der Waals surface area contributed by atoms with Crippen LogP contribution < -0.4 is 14.8 Å². The number of likely N-dealkylation sites (N-methyl/N-ethyl adjacent to an activating group) is 1. The summed E-state index contributed by atoms with van der Waals surface area (Å²) < 4.78 is 11.1. The lowest BCUT2D eigenvalue weighted by Gasteiger charge is -2.22. The van der Waals surface area contributed by atoms with Crippen LogP contribution in [0.3, 0.4) is 0 Å². The summed E-state index contributed by atoms with van der Waals surface area (Å²) in [6, 6.07) is 4.42. The molecule has 0 saturated carbocycles. The molecule has 0 saturated heterocycles. The van der Waals surface area contributed by atoms with E-state index in [2.05, 4.69) is 31.2 Å². The molecule has 0 spiro atoms. The predicted octanol–water partition coefficient (Wildman–Crippen LogP) is 2.15. The first kappa shape index (κ1) is 14.4. The summed E-state index contributed by atoms with van der Waals surface area (Å²) in [7, 11) is 4.15. The molecule has 1 unspecified atom stereocenters. The zero-order chi connectivity index (χ0) is 13.8. The molecular formula is C14H21ClN2O2. The molecule has 0 aromatic heterocycles. The lowest BCUT2D eigenvalue weighted by molar-refractivity contribution is 0.171. The molecule has 0 radical (unpaired) electrons. The van der Waals surface area contributed by atoms with Crippen molar-refractivity contribution in [1.82, 2.24) is 10.2 Å². The third kappa shape index (κ3) is 3.75. The lowest BCUT2D eigenvalue weighted by Crippen LogP contribution is -2.35. The first-order chi connectivity index (χ1) is 9.08. The Morgan fingerprint density at radius 1 is 1.32 bits per heavy atom. The number of benzene rings is 1. The summed E-state index contributed by atoms with van der Waals surface area (Å²) in [6.07, 6.45) is 0. The van der Waals surface area contributed by atoms with E-state index in [1.165, 1.54) is 0 Å². The van der Waals surface area contributed by atoms with Crippen LogP contribution in [0.25, 0.3) is 0 Å². The standard InChI is InChI=1S/C14H21ClN2O2/c1-10(17(2)3)8-16-9-11-6-12(15)14-13(7-11)18-4-5-19-14/h6-7,10,16H,4-5,8-9H2,1-3H3. The van der Waals surface area contributed by atoms with Crippen molar-refractivity contribution in [3.05, 3.63) is 22.7 Å². The van der Waals surface area contributed by atoms with Gasteiger partial charge in [0.05, 0.1) is 5.02 Å². The third-order valence-electron chi connectivity index (χ3n) is 3.31. The normalized spacial score (nSPS) is 15.6. The maximum atomic E-state index is 6.20. The zero-order valence-corrected chi connectivity index (χ0v) is 12.5. The van der Waals surface area contributed by atoms with Crippen molar-refractivity contribution in [2.45, 2.75) is 19.5 Å². The van der Waals surface area contributed by atoms with Crippen molar-refractivity contribution in [2.75, 3.05) is 33.9 Å². The Kier molecular flexibility index (Phi) is 4.91. The van der Waals surface area contributed by atoms with E-state index >= 15 is 0 Å². The first-order valence-corrected chi connectivity index (χ1v) is 6.91.